The van der Waals surface area contributed by atoms with Crippen LogP contribution in [0.1, 0.15) is 24.0 Å². The number of urea groups is 1. The number of imide groups is 1. The number of aliphatic carboxylic acids is 1. The monoisotopic (exact) mass is 275 g/mol. The van der Waals surface area contributed by atoms with Gasteiger partial charge in [0.25, 0.3) is 0 Å². The molecule has 1 rings (SSSR count). The average molecular weight is 275 g/mol. The van der Waals surface area contributed by atoms with Crippen molar-refractivity contribution in [1.29, 1.82) is 5.26 Å². The molecule has 0 fully saturated rings. The van der Waals surface area contributed by atoms with Gasteiger partial charge in [0.05, 0.1) is 17.7 Å². The third-order valence-electron chi connectivity index (χ3n) is 2.45. The van der Waals surface area contributed by atoms with Crippen LogP contribution in [0.4, 0.5) is 10.5 Å². The zero-order chi connectivity index (χ0) is 15.1. The van der Waals surface area contributed by atoms with Gasteiger partial charge in [-0.05, 0) is 18.6 Å². The Bertz CT molecular complexity index is 590. The van der Waals surface area contributed by atoms with Crippen molar-refractivity contribution in [3.63, 3.8) is 0 Å². The van der Waals surface area contributed by atoms with Crippen LogP contribution < -0.4 is 10.6 Å². The first kappa shape index (κ1) is 15.2. The van der Waals surface area contributed by atoms with E-state index in [-0.39, 0.29) is 18.5 Å². The first-order valence-corrected chi connectivity index (χ1v) is 5.76. The summed E-state index contributed by atoms with van der Waals surface area (Å²) in [5, 5.41) is 21.8. The predicted octanol–water partition coefficient (Wildman–Crippen LogP) is 1.38. The fourth-order valence-corrected chi connectivity index (χ4v) is 1.48. The molecule has 0 atom stereocenters. The molecule has 0 aliphatic rings. The second-order valence-electron chi connectivity index (χ2n) is 4.01. The number of carboxylic acids is 1. The highest BCUT2D eigenvalue weighted by molar-refractivity contribution is 6.02. The fourth-order valence-electron chi connectivity index (χ4n) is 1.48. The summed E-state index contributed by atoms with van der Waals surface area (Å²) in [6.07, 6.45) is -0.644. The summed E-state index contributed by atoms with van der Waals surface area (Å²) < 4.78 is 0. The van der Waals surface area contributed by atoms with Gasteiger partial charge in [0.2, 0.25) is 5.91 Å². The number of anilines is 1. The molecule has 0 unspecified atom stereocenters. The van der Waals surface area contributed by atoms with Gasteiger partial charge in [0, 0.05) is 6.42 Å². The molecule has 0 radical (unpaired) electrons. The van der Waals surface area contributed by atoms with Gasteiger partial charge in [-0.3, -0.25) is 14.9 Å². The predicted molar refractivity (Wildman–Crippen MR) is 69.9 cm³/mol. The van der Waals surface area contributed by atoms with Crippen molar-refractivity contribution in [1.82, 2.24) is 5.32 Å². The van der Waals surface area contributed by atoms with Crippen LogP contribution in [-0.2, 0) is 9.59 Å². The molecule has 0 aliphatic heterocycles. The summed E-state index contributed by atoms with van der Waals surface area (Å²) in [5.74, 6) is -1.82. The molecule has 1 aromatic carbocycles. The Morgan fingerprint density at radius 2 is 2.00 bits per heavy atom. The van der Waals surface area contributed by atoms with Crippen LogP contribution in [0.3, 0.4) is 0 Å². The van der Waals surface area contributed by atoms with Crippen molar-refractivity contribution >= 4 is 23.6 Å². The van der Waals surface area contributed by atoms with Crippen LogP contribution >= 0.6 is 0 Å². The van der Waals surface area contributed by atoms with E-state index in [4.69, 9.17) is 10.4 Å². The number of hydrogen-bond donors (Lipinski definition) is 3. The second-order valence-corrected chi connectivity index (χ2v) is 4.01. The first-order chi connectivity index (χ1) is 9.43. The molecule has 0 saturated heterocycles. The minimum atomic E-state index is -1.12. The molecule has 7 heteroatoms. The highest BCUT2D eigenvalue weighted by atomic mass is 16.4. The minimum Gasteiger partial charge on any atom is -0.481 e. The van der Waals surface area contributed by atoms with E-state index in [0.717, 1.165) is 0 Å². The lowest BCUT2D eigenvalue weighted by Gasteiger charge is -2.09. The molecule has 20 heavy (non-hydrogen) atoms. The van der Waals surface area contributed by atoms with E-state index in [2.05, 4.69) is 5.32 Å². The molecular formula is C13H13N3O4. The number of carboxylic acid groups (broad SMARTS) is 1. The lowest BCUT2D eigenvalue weighted by Crippen LogP contribution is -2.34. The minimum absolute atomic E-state index is 0.288. The number of nitrogens with zero attached hydrogens (tertiary/aromatic N) is 1. The molecule has 7 nitrogen and oxygen atoms in total. The fraction of sp³-hybridized carbons (Fsp3) is 0.231. The van der Waals surface area contributed by atoms with Crippen molar-refractivity contribution in [2.75, 3.05) is 5.32 Å². The standard InChI is InChI=1S/C13H13N3O4/c1-8-3-2-4-10(9(8)7-14)15-13(20)16-11(17)5-6-12(18)19/h2-4H,5-6H2,1H3,(H,18,19)(H2,15,16,17,20). The quantitative estimate of drug-likeness (QED) is 0.766. The number of aryl methyl sites for hydroxylation is 1. The third-order valence-corrected chi connectivity index (χ3v) is 2.45. The second kappa shape index (κ2) is 6.89. The average Bonchev–Trinajstić information content (AvgIpc) is 2.36. The molecule has 104 valence electrons. The van der Waals surface area contributed by atoms with Gasteiger partial charge in [-0.2, -0.15) is 5.26 Å². The summed E-state index contributed by atoms with van der Waals surface area (Å²) in [6.45, 7) is 1.72. The molecule has 3 amide bonds. The van der Waals surface area contributed by atoms with Crippen molar-refractivity contribution in [3.8, 4) is 6.07 Å². The number of nitriles is 1. The normalized spacial score (nSPS) is 9.40. The van der Waals surface area contributed by atoms with E-state index in [0.29, 0.717) is 11.1 Å². The van der Waals surface area contributed by atoms with Crippen molar-refractivity contribution in [2.45, 2.75) is 19.8 Å². The van der Waals surface area contributed by atoms with Gasteiger partial charge in [-0.1, -0.05) is 12.1 Å². The Morgan fingerprint density at radius 1 is 1.30 bits per heavy atom. The molecule has 0 spiro atoms. The van der Waals surface area contributed by atoms with E-state index >= 15 is 0 Å². The number of nitrogens with one attached hydrogen (secondary N) is 2. The van der Waals surface area contributed by atoms with E-state index in [9.17, 15) is 14.4 Å². The molecule has 3 N–H and O–H groups in total. The lowest BCUT2D eigenvalue weighted by atomic mass is 10.1. The lowest BCUT2D eigenvalue weighted by molar-refractivity contribution is -0.138. The number of hydrogen-bond acceptors (Lipinski definition) is 4. The Morgan fingerprint density at radius 3 is 2.60 bits per heavy atom. The number of rotatable bonds is 4. The van der Waals surface area contributed by atoms with Crippen molar-refractivity contribution in [2.24, 2.45) is 0 Å². The van der Waals surface area contributed by atoms with Crippen LogP contribution in [-0.4, -0.2) is 23.0 Å². The number of carbonyl (C=O) groups excluding carboxylic acids is 2. The summed E-state index contributed by atoms with van der Waals surface area (Å²) in [4.78, 5) is 33.1. The van der Waals surface area contributed by atoms with Gasteiger partial charge in [0.15, 0.2) is 0 Å². The molecule has 0 heterocycles. The number of carbonyl (C=O) groups is 3. The number of amides is 3. The van der Waals surface area contributed by atoms with Crippen LogP contribution in [0.5, 0.6) is 0 Å². The maximum Gasteiger partial charge on any atom is 0.325 e. The van der Waals surface area contributed by atoms with Crippen molar-refractivity contribution in [3.05, 3.63) is 29.3 Å². The van der Waals surface area contributed by atoms with Gasteiger partial charge in [-0.25, -0.2) is 4.79 Å². The largest absolute Gasteiger partial charge is 0.481 e. The third kappa shape index (κ3) is 4.42. The van der Waals surface area contributed by atoms with Gasteiger partial charge in [0.1, 0.15) is 6.07 Å². The Kier molecular flexibility index (Phi) is 5.23. The maximum atomic E-state index is 11.5. The van der Waals surface area contributed by atoms with E-state index in [1.807, 2.05) is 11.4 Å². The van der Waals surface area contributed by atoms with Crippen LogP contribution in [0.25, 0.3) is 0 Å². The van der Waals surface area contributed by atoms with Gasteiger partial charge >= 0.3 is 12.0 Å². The van der Waals surface area contributed by atoms with Gasteiger partial charge < -0.3 is 10.4 Å². The zero-order valence-corrected chi connectivity index (χ0v) is 10.8. The number of benzene rings is 1. The van der Waals surface area contributed by atoms with Gasteiger partial charge in [-0.15, -0.1) is 0 Å². The Hall–Kier alpha value is -2.88. The summed E-state index contributed by atoms with van der Waals surface area (Å²) in [7, 11) is 0. The Balaban J connectivity index is 2.64. The summed E-state index contributed by atoms with van der Waals surface area (Å²) in [5.41, 5.74) is 1.29. The highest BCUT2D eigenvalue weighted by Crippen LogP contribution is 2.17. The Labute approximate surface area is 115 Å². The van der Waals surface area contributed by atoms with Crippen LogP contribution in [0.15, 0.2) is 18.2 Å². The van der Waals surface area contributed by atoms with Crippen molar-refractivity contribution < 1.29 is 19.5 Å². The highest BCUT2D eigenvalue weighted by Gasteiger charge is 2.12. The van der Waals surface area contributed by atoms with Crippen LogP contribution in [0.2, 0.25) is 0 Å². The summed E-state index contributed by atoms with van der Waals surface area (Å²) >= 11 is 0. The van der Waals surface area contributed by atoms with E-state index in [1.165, 1.54) is 6.07 Å². The zero-order valence-electron chi connectivity index (χ0n) is 10.8. The topological polar surface area (TPSA) is 119 Å². The molecule has 0 aromatic heterocycles. The SMILES string of the molecule is Cc1cccc(NC(=O)NC(=O)CCC(=O)O)c1C#N. The molecular weight excluding hydrogens is 262 g/mol. The van der Waals surface area contributed by atoms with E-state index in [1.54, 1.807) is 19.1 Å². The van der Waals surface area contributed by atoms with E-state index < -0.39 is 17.9 Å². The molecule has 0 aliphatic carbocycles. The molecule has 0 saturated carbocycles. The maximum absolute atomic E-state index is 11.5. The summed E-state index contributed by atoms with van der Waals surface area (Å²) in [6, 6.07) is 6.08. The first-order valence-electron chi connectivity index (χ1n) is 5.76. The smallest absolute Gasteiger partial charge is 0.325 e. The molecule has 0 bridgehead atoms. The molecule has 1 aromatic rings. The van der Waals surface area contributed by atoms with Crippen LogP contribution in [0, 0.1) is 18.3 Å².